The first-order valence-electron chi connectivity index (χ1n) is 7.70. The van der Waals surface area contributed by atoms with Gasteiger partial charge in [-0.1, -0.05) is 24.3 Å². The first kappa shape index (κ1) is 14.7. The number of amides is 1. The Bertz CT molecular complexity index is 634. The lowest BCUT2D eigenvalue weighted by Gasteiger charge is -2.35. The molecule has 1 amide bonds. The molecule has 3 rings (SSSR count). The van der Waals surface area contributed by atoms with E-state index in [1.807, 2.05) is 48.4 Å². The largest absolute Gasteiger partial charge is 0.336 e. The van der Waals surface area contributed by atoms with Crippen LogP contribution in [0.3, 0.4) is 0 Å². The summed E-state index contributed by atoms with van der Waals surface area (Å²) in [5.41, 5.74) is 3.09. The van der Waals surface area contributed by atoms with Crippen LogP contribution in [0.4, 0.5) is 0 Å². The molecule has 1 aliphatic heterocycles. The van der Waals surface area contributed by atoms with E-state index in [0.29, 0.717) is 0 Å². The molecule has 22 heavy (non-hydrogen) atoms. The van der Waals surface area contributed by atoms with Gasteiger partial charge in [0, 0.05) is 50.7 Å². The van der Waals surface area contributed by atoms with Gasteiger partial charge in [-0.2, -0.15) is 0 Å². The molecule has 1 aromatic carbocycles. The number of rotatable bonds is 3. The van der Waals surface area contributed by atoms with Crippen LogP contribution >= 0.6 is 0 Å². The van der Waals surface area contributed by atoms with E-state index in [9.17, 15) is 4.79 Å². The van der Waals surface area contributed by atoms with Crippen LogP contribution in [-0.2, 0) is 6.54 Å². The summed E-state index contributed by atoms with van der Waals surface area (Å²) in [6.45, 7) is 6.28. The summed E-state index contributed by atoms with van der Waals surface area (Å²) in [4.78, 5) is 21.1. The predicted molar refractivity (Wildman–Crippen MR) is 86.6 cm³/mol. The van der Waals surface area contributed by atoms with Gasteiger partial charge in [0.1, 0.15) is 0 Å². The van der Waals surface area contributed by atoms with Crippen molar-refractivity contribution in [3.05, 3.63) is 65.5 Å². The number of piperazine rings is 1. The number of carbonyl (C=O) groups excluding carboxylic acids is 1. The number of aromatic nitrogens is 1. The summed E-state index contributed by atoms with van der Waals surface area (Å²) >= 11 is 0. The van der Waals surface area contributed by atoms with E-state index in [0.717, 1.165) is 43.9 Å². The first-order valence-corrected chi connectivity index (χ1v) is 7.70. The topological polar surface area (TPSA) is 36.4 Å². The van der Waals surface area contributed by atoms with Crippen LogP contribution in [0.2, 0.25) is 0 Å². The second kappa shape index (κ2) is 6.71. The second-order valence-electron chi connectivity index (χ2n) is 5.74. The molecule has 0 atom stereocenters. The van der Waals surface area contributed by atoms with Crippen molar-refractivity contribution in [3.63, 3.8) is 0 Å². The number of hydrogen-bond donors (Lipinski definition) is 0. The summed E-state index contributed by atoms with van der Waals surface area (Å²) in [6.07, 6.45) is 3.70. The molecule has 4 nitrogen and oxygen atoms in total. The van der Waals surface area contributed by atoms with Gasteiger partial charge in [0.15, 0.2) is 0 Å². The molecule has 0 radical (unpaired) electrons. The molecule has 2 heterocycles. The number of nitrogens with zero attached hydrogens (tertiary/aromatic N) is 3. The van der Waals surface area contributed by atoms with E-state index >= 15 is 0 Å². The van der Waals surface area contributed by atoms with Gasteiger partial charge in [-0.05, 0) is 30.2 Å². The third-order valence-electron chi connectivity index (χ3n) is 4.16. The second-order valence-corrected chi connectivity index (χ2v) is 5.74. The molecular weight excluding hydrogens is 274 g/mol. The summed E-state index contributed by atoms with van der Waals surface area (Å²) in [5.74, 6) is 0.152. The monoisotopic (exact) mass is 295 g/mol. The van der Waals surface area contributed by atoms with Crippen molar-refractivity contribution in [3.8, 4) is 0 Å². The standard InChI is InChI=1S/C18H21N3O/c1-15-5-2-3-7-17(15)18(22)21-11-9-20(10-12-21)14-16-6-4-8-19-13-16/h2-8,13H,9-12,14H2,1H3. The first-order chi connectivity index (χ1) is 10.7. The van der Waals surface area contributed by atoms with E-state index in [2.05, 4.69) is 16.0 Å². The van der Waals surface area contributed by atoms with Crippen LogP contribution in [0.25, 0.3) is 0 Å². The average Bonchev–Trinajstić information content (AvgIpc) is 2.56. The highest BCUT2D eigenvalue weighted by atomic mass is 16.2. The van der Waals surface area contributed by atoms with Gasteiger partial charge in [-0.3, -0.25) is 14.7 Å². The molecule has 0 N–H and O–H groups in total. The number of aryl methyl sites for hydroxylation is 1. The van der Waals surface area contributed by atoms with Crippen molar-refractivity contribution in [2.75, 3.05) is 26.2 Å². The van der Waals surface area contributed by atoms with Gasteiger partial charge in [0.2, 0.25) is 0 Å². The minimum absolute atomic E-state index is 0.152. The lowest BCUT2D eigenvalue weighted by atomic mass is 10.1. The Morgan fingerprint density at radius 3 is 2.55 bits per heavy atom. The Balaban J connectivity index is 1.58. The van der Waals surface area contributed by atoms with Crippen LogP contribution in [0.1, 0.15) is 21.5 Å². The van der Waals surface area contributed by atoms with Crippen LogP contribution in [-0.4, -0.2) is 46.9 Å². The Kier molecular flexibility index (Phi) is 4.49. The Hall–Kier alpha value is -2.20. The van der Waals surface area contributed by atoms with E-state index in [1.165, 1.54) is 5.56 Å². The Labute approximate surface area is 131 Å². The normalized spacial score (nSPS) is 15.8. The van der Waals surface area contributed by atoms with E-state index in [-0.39, 0.29) is 5.91 Å². The van der Waals surface area contributed by atoms with Crippen molar-refractivity contribution < 1.29 is 4.79 Å². The molecule has 1 aromatic heterocycles. The van der Waals surface area contributed by atoms with Crippen LogP contribution < -0.4 is 0 Å². The molecule has 1 saturated heterocycles. The molecular formula is C18H21N3O. The number of hydrogen-bond acceptors (Lipinski definition) is 3. The highest BCUT2D eigenvalue weighted by Gasteiger charge is 2.22. The van der Waals surface area contributed by atoms with Crippen molar-refractivity contribution in [1.82, 2.24) is 14.8 Å². The third kappa shape index (κ3) is 3.34. The Morgan fingerprint density at radius 1 is 1.09 bits per heavy atom. The molecule has 1 fully saturated rings. The lowest BCUT2D eigenvalue weighted by molar-refractivity contribution is 0.0627. The summed E-state index contributed by atoms with van der Waals surface area (Å²) < 4.78 is 0. The van der Waals surface area contributed by atoms with E-state index in [1.54, 1.807) is 6.20 Å². The summed E-state index contributed by atoms with van der Waals surface area (Å²) in [6, 6.07) is 11.9. The molecule has 0 spiro atoms. The van der Waals surface area contributed by atoms with Crippen LogP contribution in [0.15, 0.2) is 48.8 Å². The molecule has 0 aliphatic carbocycles. The number of pyridine rings is 1. The summed E-state index contributed by atoms with van der Waals surface area (Å²) in [7, 11) is 0. The van der Waals surface area contributed by atoms with Crippen molar-refractivity contribution in [2.45, 2.75) is 13.5 Å². The quantitative estimate of drug-likeness (QED) is 0.872. The fourth-order valence-electron chi connectivity index (χ4n) is 2.84. The summed E-state index contributed by atoms with van der Waals surface area (Å²) in [5, 5.41) is 0. The van der Waals surface area contributed by atoms with Gasteiger partial charge in [-0.25, -0.2) is 0 Å². The van der Waals surface area contributed by atoms with Gasteiger partial charge in [0.25, 0.3) is 5.91 Å². The van der Waals surface area contributed by atoms with Gasteiger partial charge >= 0.3 is 0 Å². The molecule has 0 unspecified atom stereocenters. The maximum Gasteiger partial charge on any atom is 0.254 e. The zero-order chi connectivity index (χ0) is 15.4. The van der Waals surface area contributed by atoms with Crippen molar-refractivity contribution in [2.24, 2.45) is 0 Å². The maximum atomic E-state index is 12.6. The highest BCUT2D eigenvalue weighted by molar-refractivity contribution is 5.95. The molecule has 4 heteroatoms. The smallest absolute Gasteiger partial charge is 0.254 e. The minimum atomic E-state index is 0.152. The van der Waals surface area contributed by atoms with Crippen LogP contribution in [0, 0.1) is 6.92 Å². The van der Waals surface area contributed by atoms with Gasteiger partial charge < -0.3 is 4.90 Å². The van der Waals surface area contributed by atoms with Crippen molar-refractivity contribution >= 4 is 5.91 Å². The SMILES string of the molecule is Cc1ccccc1C(=O)N1CCN(Cc2cccnc2)CC1. The maximum absolute atomic E-state index is 12.6. The molecule has 2 aromatic rings. The fraction of sp³-hybridized carbons (Fsp3) is 0.333. The molecule has 1 aliphatic rings. The van der Waals surface area contributed by atoms with Crippen molar-refractivity contribution in [1.29, 1.82) is 0 Å². The van der Waals surface area contributed by atoms with E-state index in [4.69, 9.17) is 0 Å². The molecule has 0 saturated carbocycles. The number of carbonyl (C=O) groups is 1. The van der Waals surface area contributed by atoms with Gasteiger partial charge in [0.05, 0.1) is 0 Å². The number of benzene rings is 1. The van der Waals surface area contributed by atoms with Crippen LogP contribution in [0.5, 0.6) is 0 Å². The third-order valence-corrected chi connectivity index (χ3v) is 4.16. The zero-order valence-electron chi connectivity index (χ0n) is 12.9. The zero-order valence-corrected chi connectivity index (χ0v) is 12.9. The Morgan fingerprint density at radius 2 is 1.86 bits per heavy atom. The minimum Gasteiger partial charge on any atom is -0.336 e. The molecule has 0 bridgehead atoms. The fourth-order valence-corrected chi connectivity index (χ4v) is 2.84. The lowest BCUT2D eigenvalue weighted by Crippen LogP contribution is -2.48. The average molecular weight is 295 g/mol. The molecule has 114 valence electrons. The highest BCUT2D eigenvalue weighted by Crippen LogP contribution is 2.14. The predicted octanol–water partition coefficient (Wildman–Crippen LogP) is 2.35. The van der Waals surface area contributed by atoms with Gasteiger partial charge in [-0.15, -0.1) is 0 Å². The van der Waals surface area contributed by atoms with E-state index < -0.39 is 0 Å².